The van der Waals surface area contributed by atoms with Crippen LogP contribution >= 0.6 is 0 Å². The third-order valence-corrected chi connectivity index (χ3v) is 6.88. The van der Waals surface area contributed by atoms with Gasteiger partial charge in [0.15, 0.2) is 5.43 Å². The van der Waals surface area contributed by atoms with Crippen molar-refractivity contribution in [2.75, 3.05) is 13.1 Å². The average molecular weight is 543 g/mol. The molecule has 0 radical (unpaired) electrons. The fraction of sp³-hybridized carbons (Fsp3) is 0.303. The number of fused-ring (bicyclic) bond motifs is 1. The molecular formula is C33H35FN2O4. The smallest absolute Gasteiger partial charge is 0.242 e. The summed E-state index contributed by atoms with van der Waals surface area (Å²) < 4.78 is 19.2. The summed E-state index contributed by atoms with van der Waals surface area (Å²) in [5.74, 6) is -0.406. The van der Waals surface area contributed by atoms with Gasteiger partial charge in [-0.2, -0.15) is 0 Å². The number of nitrogens with zero attached hydrogens (tertiary/aromatic N) is 2. The topological polar surface area (TPSA) is 70.8 Å². The molecule has 4 rings (SSSR count). The van der Waals surface area contributed by atoms with Crippen LogP contribution in [-0.4, -0.2) is 34.7 Å². The van der Waals surface area contributed by atoms with E-state index < -0.39 is 0 Å². The van der Waals surface area contributed by atoms with Crippen LogP contribution in [0.3, 0.4) is 0 Å². The van der Waals surface area contributed by atoms with Gasteiger partial charge in [-0.15, -0.1) is 0 Å². The van der Waals surface area contributed by atoms with Crippen LogP contribution in [0, 0.1) is 11.7 Å². The molecule has 0 spiro atoms. The molecule has 2 amide bonds. The maximum atomic E-state index is 13.8. The molecule has 4 aromatic rings. The standard InChI is InChI=1S/C33H35FN2O4/c1-24(2)18-19-35(31(37)17-14-25-8-4-3-5-9-25)22-32(38)36(20-26-12-15-28(34)16-13-26)21-27-23-40-30-11-7-6-10-29(30)33(27)39/h3-13,15-16,23-24H,14,17-22H2,1-2H3. The van der Waals surface area contributed by atoms with Gasteiger partial charge in [0.05, 0.1) is 30.3 Å². The number of halogens is 1. The molecule has 0 aliphatic carbocycles. The summed E-state index contributed by atoms with van der Waals surface area (Å²) in [5.41, 5.74) is 2.36. The molecule has 0 unspecified atom stereocenters. The molecule has 0 fully saturated rings. The molecule has 208 valence electrons. The summed E-state index contributed by atoms with van der Waals surface area (Å²) in [5, 5.41) is 0.434. The van der Waals surface area contributed by atoms with Crippen LogP contribution in [0.15, 0.2) is 94.3 Å². The van der Waals surface area contributed by atoms with E-state index in [2.05, 4.69) is 13.8 Å². The lowest BCUT2D eigenvalue weighted by Crippen LogP contribution is -2.43. The van der Waals surface area contributed by atoms with E-state index in [0.29, 0.717) is 47.4 Å². The van der Waals surface area contributed by atoms with Crippen molar-refractivity contribution in [3.63, 3.8) is 0 Å². The fourth-order valence-corrected chi connectivity index (χ4v) is 4.50. The van der Waals surface area contributed by atoms with E-state index in [0.717, 1.165) is 12.0 Å². The lowest BCUT2D eigenvalue weighted by molar-refractivity contribution is -0.141. The second-order valence-corrected chi connectivity index (χ2v) is 10.4. The minimum atomic E-state index is -0.374. The zero-order chi connectivity index (χ0) is 28.5. The molecule has 0 bridgehead atoms. The van der Waals surface area contributed by atoms with Gasteiger partial charge >= 0.3 is 0 Å². The quantitative estimate of drug-likeness (QED) is 0.221. The Balaban J connectivity index is 1.56. The highest BCUT2D eigenvalue weighted by molar-refractivity contribution is 5.85. The van der Waals surface area contributed by atoms with Crippen LogP contribution in [0.5, 0.6) is 0 Å². The maximum absolute atomic E-state index is 13.8. The predicted octanol–water partition coefficient (Wildman–Crippen LogP) is 5.97. The fourth-order valence-electron chi connectivity index (χ4n) is 4.50. The van der Waals surface area contributed by atoms with Crippen molar-refractivity contribution in [1.29, 1.82) is 0 Å². The predicted molar refractivity (Wildman–Crippen MR) is 154 cm³/mol. The van der Waals surface area contributed by atoms with Crippen LogP contribution in [0.1, 0.15) is 43.4 Å². The lowest BCUT2D eigenvalue weighted by Gasteiger charge is -2.28. The minimum absolute atomic E-state index is 0.000393. The summed E-state index contributed by atoms with van der Waals surface area (Å²) in [6.07, 6.45) is 3.03. The molecule has 0 saturated heterocycles. The highest BCUT2D eigenvalue weighted by Gasteiger charge is 2.23. The van der Waals surface area contributed by atoms with Crippen LogP contribution in [-0.2, 0) is 29.1 Å². The Hall–Kier alpha value is -4.26. The van der Waals surface area contributed by atoms with Crippen molar-refractivity contribution < 1.29 is 18.4 Å². The van der Waals surface area contributed by atoms with Crippen LogP contribution in [0.4, 0.5) is 4.39 Å². The van der Waals surface area contributed by atoms with E-state index in [9.17, 15) is 18.8 Å². The Labute approximate surface area is 234 Å². The first-order chi connectivity index (χ1) is 19.3. The number of carbonyl (C=O) groups excluding carboxylic acids is 2. The van der Waals surface area contributed by atoms with E-state index in [1.807, 2.05) is 30.3 Å². The molecule has 1 aromatic heterocycles. The Morgan fingerprint density at radius 1 is 0.825 bits per heavy atom. The van der Waals surface area contributed by atoms with Crippen molar-refractivity contribution in [2.45, 2.75) is 46.2 Å². The molecule has 6 nitrogen and oxygen atoms in total. The largest absolute Gasteiger partial charge is 0.464 e. The number of rotatable bonds is 12. The lowest BCUT2D eigenvalue weighted by atomic mass is 10.1. The van der Waals surface area contributed by atoms with Gasteiger partial charge in [0.2, 0.25) is 11.8 Å². The number of hydrogen-bond acceptors (Lipinski definition) is 4. The summed E-state index contributed by atoms with van der Waals surface area (Å²) in [4.78, 5) is 43.4. The summed E-state index contributed by atoms with van der Waals surface area (Å²) in [7, 11) is 0. The Morgan fingerprint density at radius 2 is 1.52 bits per heavy atom. The summed E-state index contributed by atoms with van der Waals surface area (Å²) in [6, 6.07) is 22.6. The van der Waals surface area contributed by atoms with Crippen molar-refractivity contribution in [1.82, 2.24) is 9.80 Å². The highest BCUT2D eigenvalue weighted by Crippen LogP contribution is 2.16. The van der Waals surface area contributed by atoms with Crippen LogP contribution in [0.25, 0.3) is 11.0 Å². The molecule has 0 atom stereocenters. The number of benzene rings is 3. The minimum Gasteiger partial charge on any atom is -0.464 e. The molecule has 0 saturated carbocycles. The monoisotopic (exact) mass is 542 g/mol. The molecule has 0 aliphatic rings. The van der Waals surface area contributed by atoms with Gasteiger partial charge in [-0.3, -0.25) is 14.4 Å². The highest BCUT2D eigenvalue weighted by atomic mass is 19.1. The van der Waals surface area contributed by atoms with Gasteiger partial charge in [0.1, 0.15) is 11.4 Å². The average Bonchev–Trinajstić information content (AvgIpc) is 2.96. The number of carbonyl (C=O) groups is 2. The van der Waals surface area contributed by atoms with Gasteiger partial charge in [-0.1, -0.05) is 68.4 Å². The molecule has 0 N–H and O–H groups in total. The molecule has 40 heavy (non-hydrogen) atoms. The van der Waals surface area contributed by atoms with Crippen molar-refractivity contribution in [3.8, 4) is 0 Å². The molecule has 3 aromatic carbocycles. The van der Waals surface area contributed by atoms with E-state index in [1.165, 1.54) is 23.3 Å². The van der Waals surface area contributed by atoms with Crippen LogP contribution in [0.2, 0.25) is 0 Å². The van der Waals surface area contributed by atoms with Gasteiger partial charge in [0, 0.05) is 19.5 Å². The third kappa shape index (κ3) is 7.88. The Kier molecular flexibility index (Phi) is 9.84. The summed E-state index contributed by atoms with van der Waals surface area (Å²) >= 11 is 0. The second kappa shape index (κ2) is 13.7. The number of amides is 2. The molecule has 7 heteroatoms. The third-order valence-electron chi connectivity index (χ3n) is 6.88. The van der Waals surface area contributed by atoms with E-state index in [1.54, 1.807) is 41.3 Å². The van der Waals surface area contributed by atoms with Crippen molar-refractivity contribution in [3.05, 3.63) is 118 Å². The first-order valence-electron chi connectivity index (χ1n) is 13.6. The Morgan fingerprint density at radius 3 is 2.25 bits per heavy atom. The normalized spacial score (nSPS) is 11.1. The molecule has 0 aliphatic heterocycles. The van der Waals surface area contributed by atoms with E-state index >= 15 is 0 Å². The zero-order valence-electron chi connectivity index (χ0n) is 23.0. The van der Waals surface area contributed by atoms with Gasteiger partial charge < -0.3 is 14.2 Å². The number of para-hydroxylation sites is 1. The second-order valence-electron chi connectivity index (χ2n) is 10.4. The van der Waals surface area contributed by atoms with Gasteiger partial charge in [-0.05, 0) is 54.2 Å². The van der Waals surface area contributed by atoms with Gasteiger partial charge in [-0.25, -0.2) is 4.39 Å². The summed E-state index contributed by atoms with van der Waals surface area (Å²) in [6.45, 7) is 4.66. The first-order valence-corrected chi connectivity index (χ1v) is 13.6. The van der Waals surface area contributed by atoms with Crippen LogP contribution < -0.4 is 5.43 Å². The SMILES string of the molecule is CC(C)CCN(CC(=O)N(Cc1ccc(F)cc1)Cc1coc2ccccc2c1=O)C(=O)CCc1ccccc1. The number of aryl methyl sites for hydroxylation is 1. The number of hydrogen-bond donors (Lipinski definition) is 0. The van der Waals surface area contributed by atoms with Crippen molar-refractivity contribution in [2.24, 2.45) is 5.92 Å². The van der Waals surface area contributed by atoms with E-state index in [-0.39, 0.29) is 42.7 Å². The Bertz CT molecular complexity index is 1480. The first kappa shape index (κ1) is 28.7. The molecular weight excluding hydrogens is 507 g/mol. The zero-order valence-corrected chi connectivity index (χ0v) is 23.0. The maximum Gasteiger partial charge on any atom is 0.242 e. The van der Waals surface area contributed by atoms with E-state index in [4.69, 9.17) is 4.42 Å². The van der Waals surface area contributed by atoms with Crippen molar-refractivity contribution >= 4 is 22.8 Å². The van der Waals surface area contributed by atoms with Gasteiger partial charge in [0.25, 0.3) is 0 Å². The molecule has 1 heterocycles.